The number of likely N-dealkylation sites (N-methyl/N-ethyl adjacent to an activating group) is 1. The number of nitrogens with one attached hydrogen (secondary N) is 1. The number of Topliss-reactive ketones (excluding diaryl/α,β-unsaturated/α-hetero) is 1. The van der Waals surface area contributed by atoms with Crippen LogP contribution < -0.4 is 11.1 Å². The maximum Gasteiger partial charge on any atom is 0.149 e. The largest absolute Gasteiger partial charge is 0.328 e. The van der Waals surface area contributed by atoms with Crippen molar-refractivity contribution in [1.82, 2.24) is 10.2 Å². The van der Waals surface area contributed by atoms with Gasteiger partial charge in [-0.2, -0.15) is 0 Å². The molecule has 160 valence electrons. The molecular formula is C23H47N3O. The highest BCUT2D eigenvalue weighted by Crippen LogP contribution is 2.57. The Morgan fingerprint density at radius 2 is 1.70 bits per heavy atom. The van der Waals surface area contributed by atoms with Crippen molar-refractivity contribution in [2.75, 3.05) is 34.7 Å². The highest BCUT2D eigenvalue weighted by atomic mass is 16.1. The van der Waals surface area contributed by atoms with Crippen LogP contribution in [0, 0.1) is 22.7 Å². The summed E-state index contributed by atoms with van der Waals surface area (Å²) in [5.74, 6) is 1.75. The highest BCUT2D eigenvalue weighted by Gasteiger charge is 2.49. The molecule has 3 rings (SSSR count). The zero-order chi connectivity index (χ0) is 20.7. The number of hydrogen-bond acceptors (Lipinski definition) is 4. The Kier molecular flexibility index (Phi) is 9.95. The lowest BCUT2D eigenvalue weighted by atomic mass is 9.59. The molecule has 0 saturated heterocycles. The van der Waals surface area contributed by atoms with Crippen molar-refractivity contribution in [2.24, 2.45) is 28.4 Å². The topological polar surface area (TPSA) is 58.4 Å². The van der Waals surface area contributed by atoms with Crippen LogP contribution in [0.1, 0.15) is 78.6 Å². The van der Waals surface area contributed by atoms with E-state index in [1.165, 1.54) is 57.8 Å². The Morgan fingerprint density at radius 3 is 2.04 bits per heavy atom. The number of carbonyl (C=O) groups excluding carboxylic acids is 1. The van der Waals surface area contributed by atoms with Crippen LogP contribution in [-0.4, -0.2) is 51.5 Å². The van der Waals surface area contributed by atoms with E-state index in [1.54, 1.807) is 0 Å². The third-order valence-corrected chi connectivity index (χ3v) is 6.96. The molecule has 0 aromatic heterocycles. The second-order valence-electron chi connectivity index (χ2n) is 10.3. The maximum atomic E-state index is 11.8. The van der Waals surface area contributed by atoms with Gasteiger partial charge in [-0.1, -0.05) is 33.6 Å². The van der Waals surface area contributed by atoms with Crippen LogP contribution in [0.3, 0.4) is 0 Å². The first-order valence-corrected chi connectivity index (χ1v) is 11.1. The number of nitrogens with zero attached hydrogens (tertiary/aromatic N) is 1. The van der Waals surface area contributed by atoms with Gasteiger partial charge in [-0.05, 0) is 89.9 Å². The Morgan fingerprint density at radius 1 is 1.11 bits per heavy atom. The van der Waals surface area contributed by atoms with Gasteiger partial charge >= 0.3 is 0 Å². The number of nitrogens with two attached hydrogens (primary N) is 1. The lowest BCUT2D eigenvalue weighted by Gasteiger charge is -2.45. The average Bonchev–Trinajstić information content (AvgIpc) is 3.10. The molecule has 0 radical (unpaired) electrons. The van der Waals surface area contributed by atoms with Crippen LogP contribution >= 0.6 is 0 Å². The molecule has 3 unspecified atom stereocenters. The molecular weight excluding hydrogens is 334 g/mol. The molecule has 0 amide bonds. The van der Waals surface area contributed by atoms with E-state index in [2.05, 4.69) is 26.1 Å². The van der Waals surface area contributed by atoms with Crippen molar-refractivity contribution in [3.63, 3.8) is 0 Å². The highest BCUT2D eigenvalue weighted by molar-refractivity contribution is 5.84. The minimum Gasteiger partial charge on any atom is -0.328 e. The van der Waals surface area contributed by atoms with Crippen molar-refractivity contribution in [2.45, 2.75) is 84.6 Å². The summed E-state index contributed by atoms with van der Waals surface area (Å²) in [4.78, 5) is 13.8. The smallest absolute Gasteiger partial charge is 0.149 e. The lowest BCUT2D eigenvalue weighted by molar-refractivity contribution is -0.130. The van der Waals surface area contributed by atoms with Gasteiger partial charge < -0.3 is 16.0 Å². The quantitative estimate of drug-likeness (QED) is 0.770. The summed E-state index contributed by atoms with van der Waals surface area (Å²) in [7, 11) is 7.70. The third-order valence-electron chi connectivity index (χ3n) is 6.96. The van der Waals surface area contributed by atoms with Gasteiger partial charge in [-0.25, -0.2) is 0 Å². The zero-order valence-corrected chi connectivity index (χ0v) is 19.2. The summed E-state index contributed by atoms with van der Waals surface area (Å²) in [6.45, 7) is 7.60. The van der Waals surface area contributed by atoms with Gasteiger partial charge in [0.2, 0.25) is 0 Å². The lowest BCUT2D eigenvalue weighted by Crippen LogP contribution is -2.42. The molecule has 4 heteroatoms. The second-order valence-corrected chi connectivity index (χ2v) is 10.3. The van der Waals surface area contributed by atoms with E-state index < -0.39 is 0 Å². The number of carbonyl (C=O) groups is 1. The Labute approximate surface area is 169 Å². The predicted molar refractivity (Wildman–Crippen MR) is 117 cm³/mol. The van der Waals surface area contributed by atoms with Crippen molar-refractivity contribution < 1.29 is 4.79 Å². The van der Waals surface area contributed by atoms with E-state index in [1.807, 2.05) is 33.1 Å². The van der Waals surface area contributed by atoms with Crippen LogP contribution in [0.2, 0.25) is 0 Å². The first-order chi connectivity index (χ1) is 12.6. The molecule has 3 saturated carbocycles. The second kappa shape index (κ2) is 10.9. The van der Waals surface area contributed by atoms with Gasteiger partial charge in [-0.3, -0.25) is 4.79 Å². The van der Waals surface area contributed by atoms with Crippen LogP contribution in [0.25, 0.3) is 0 Å². The first-order valence-electron chi connectivity index (χ1n) is 11.1. The Balaban J connectivity index is 0.000000259. The van der Waals surface area contributed by atoms with Crippen molar-refractivity contribution >= 4 is 5.78 Å². The maximum absolute atomic E-state index is 11.8. The molecule has 3 aliphatic rings. The van der Waals surface area contributed by atoms with E-state index in [0.717, 1.165) is 5.92 Å². The summed E-state index contributed by atoms with van der Waals surface area (Å²) in [6, 6.07) is 0.495. The third kappa shape index (κ3) is 7.83. The van der Waals surface area contributed by atoms with Crippen molar-refractivity contribution in [3.05, 3.63) is 0 Å². The number of ketones is 1. The number of rotatable bonds is 4. The number of hydrogen-bond donors (Lipinski definition) is 2. The molecule has 4 nitrogen and oxygen atoms in total. The van der Waals surface area contributed by atoms with Crippen LogP contribution in [0.5, 0.6) is 0 Å². The minimum absolute atomic E-state index is 0.387. The van der Waals surface area contributed by atoms with E-state index in [4.69, 9.17) is 5.73 Å². The summed E-state index contributed by atoms with van der Waals surface area (Å²) >= 11 is 0. The fraction of sp³-hybridized carbons (Fsp3) is 0.957. The van der Waals surface area contributed by atoms with Gasteiger partial charge in [0.15, 0.2) is 0 Å². The van der Waals surface area contributed by atoms with E-state index >= 15 is 0 Å². The molecule has 0 aromatic rings. The molecule has 3 N–H and O–H groups in total. The van der Waals surface area contributed by atoms with Crippen LogP contribution in [0.4, 0.5) is 0 Å². The summed E-state index contributed by atoms with van der Waals surface area (Å²) < 4.78 is 0. The van der Waals surface area contributed by atoms with E-state index in [0.29, 0.717) is 35.1 Å². The molecule has 0 heterocycles. The fourth-order valence-corrected chi connectivity index (χ4v) is 5.21. The molecule has 3 atom stereocenters. The minimum atomic E-state index is 0.387. The first kappa shape index (κ1) is 24.6. The average molecular weight is 382 g/mol. The van der Waals surface area contributed by atoms with E-state index in [-0.39, 0.29) is 0 Å². The van der Waals surface area contributed by atoms with Gasteiger partial charge in [0.1, 0.15) is 5.78 Å². The molecule has 27 heavy (non-hydrogen) atoms. The molecule has 0 aliphatic heterocycles. The van der Waals surface area contributed by atoms with E-state index in [9.17, 15) is 4.79 Å². The Hall–Kier alpha value is -0.450. The van der Waals surface area contributed by atoms with Crippen molar-refractivity contribution in [3.8, 4) is 0 Å². The monoisotopic (exact) mass is 381 g/mol. The van der Waals surface area contributed by atoms with Crippen LogP contribution in [0.15, 0.2) is 0 Å². The van der Waals surface area contributed by atoms with Gasteiger partial charge in [0, 0.05) is 12.0 Å². The fourth-order valence-electron chi connectivity index (χ4n) is 5.21. The van der Waals surface area contributed by atoms with Gasteiger partial charge in [-0.15, -0.1) is 0 Å². The molecule has 0 aromatic carbocycles. The predicted octanol–water partition coefficient (Wildman–Crippen LogP) is 4.08. The van der Waals surface area contributed by atoms with Crippen molar-refractivity contribution in [1.29, 1.82) is 0 Å². The standard InChI is InChI=1S/C13H23NO.C8H17N.C2H7N/c1-10-4-5-13(6-10)7-11(8-13)12(15)9-14(2)3;1-3-8(2)5-4-7(9)6-8;1-3-2/h10-11H,4-9H2,1-3H3;7H,3-6,9H2,1-2H3;3H,1-2H3. The molecule has 0 bridgehead atoms. The van der Waals surface area contributed by atoms with Gasteiger partial charge in [0.25, 0.3) is 0 Å². The summed E-state index contributed by atoms with van der Waals surface area (Å²) in [5, 5.41) is 2.75. The zero-order valence-electron chi connectivity index (χ0n) is 19.2. The van der Waals surface area contributed by atoms with Crippen LogP contribution in [-0.2, 0) is 4.79 Å². The molecule has 3 fully saturated rings. The Bertz CT molecular complexity index is 445. The summed E-state index contributed by atoms with van der Waals surface area (Å²) in [6.07, 6.45) is 11.6. The normalized spacial score (nSPS) is 37.3. The molecule has 3 aliphatic carbocycles. The summed E-state index contributed by atoms with van der Waals surface area (Å²) in [5.41, 5.74) is 6.96. The van der Waals surface area contributed by atoms with Gasteiger partial charge in [0.05, 0.1) is 6.54 Å². The SMILES string of the molecule is CC1CCC2(C1)CC(C(=O)CN(C)C)C2.CCC1(C)CCC(N)C1.CNC. The molecule has 1 spiro atoms.